The SMILES string of the molecule is N#CCC(=O)N1CCN(c2nc(Nc3ccc(N4CCCCC4)cc3)c3c(=O)[nH]ncc3n2)CC1. The van der Waals surface area contributed by atoms with E-state index in [9.17, 15) is 9.59 Å². The highest BCUT2D eigenvalue weighted by Crippen LogP contribution is 2.27. The molecular weight excluding hydrogens is 446 g/mol. The first kappa shape index (κ1) is 22.6. The van der Waals surface area contributed by atoms with Crippen molar-refractivity contribution in [1.82, 2.24) is 25.1 Å². The van der Waals surface area contributed by atoms with E-state index in [2.05, 4.69) is 42.5 Å². The number of piperidine rings is 1. The molecule has 3 aromatic rings. The highest BCUT2D eigenvalue weighted by atomic mass is 16.2. The number of hydrogen-bond donors (Lipinski definition) is 2. The Bertz CT molecular complexity index is 1300. The Labute approximate surface area is 202 Å². The normalized spacial score (nSPS) is 16.3. The van der Waals surface area contributed by atoms with Crippen LogP contribution >= 0.6 is 0 Å². The molecule has 2 fully saturated rings. The Morgan fingerprint density at radius 1 is 1.00 bits per heavy atom. The Morgan fingerprint density at radius 2 is 1.74 bits per heavy atom. The molecule has 5 rings (SSSR count). The second kappa shape index (κ2) is 9.97. The van der Waals surface area contributed by atoms with Gasteiger partial charge in [-0.25, -0.2) is 10.1 Å². The maximum absolute atomic E-state index is 12.6. The Morgan fingerprint density at radius 3 is 2.46 bits per heavy atom. The molecule has 0 aliphatic carbocycles. The van der Waals surface area contributed by atoms with Crippen molar-refractivity contribution in [3.8, 4) is 6.07 Å². The van der Waals surface area contributed by atoms with E-state index in [1.807, 2.05) is 23.1 Å². The van der Waals surface area contributed by atoms with Crippen LogP contribution in [-0.2, 0) is 4.79 Å². The van der Waals surface area contributed by atoms with Crippen molar-refractivity contribution < 1.29 is 4.79 Å². The van der Waals surface area contributed by atoms with E-state index < -0.39 is 0 Å². The number of amides is 1. The predicted molar refractivity (Wildman–Crippen MR) is 133 cm³/mol. The smallest absolute Gasteiger partial charge is 0.277 e. The number of aromatic nitrogens is 4. The summed E-state index contributed by atoms with van der Waals surface area (Å²) in [5.41, 5.74) is 2.08. The zero-order chi connectivity index (χ0) is 24.2. The number of nitrogens with one attached hydrogen (secondary N) is 2. The van der Waals surface area contributed by atoms with Gasteiger partial charge in [-0.15, -0.1) is 0 Å². The molecule has 0 radical (unpaired) electrons. The van der Waals surface area contributed by atoms with Gasteiger partial charge in [-0.3, -0.25) is 9.59 Å². The van der Waals surface area contributed by atoms with Crippen LogP contribution in [-0.4, -0.2) is 70.2 Å². The van der Waals surface area contributed by atoms with Crippen LogP contribution in [0.3, 0.4) is 0 Å². The van der Waals surface area contributed by atoms with Gasteiger partial charge in [-0.1, -0.05) is 0 Å². The van der Waals surface area contributed by atoms with Crippen LogP contribution in [0.1, 0.15) is 25.7 Å². The maximum atomic E-state index is 12.6. The molecule has 0 unspecified atom stereocenters. The first-order valence-corrected chi connectivity index (χ1v) is 11.9. The molecule has 2 saturated heterocycles. The lowest BCUT2D eigenvalue weighted by Gasteiger charge is -2.34. The molecule has 1 amide bonds. The topological polar surface area (TPSA) is 134 Å². The number of H-pyrrole nitrogens is 1. The number of nitriles is 1. The van der Waals surface area contributed by atoms with E-state index in [0.717, 1.165) is 18.8 Å². The fraction of sp³-hybridized carbons (Fsp3) is 0.417. The Balaban J connectivity index is 1.39. The Hall–Kier alpha value is -4.20. The van der Waals surface area contributed by atoms with Crippen molar-refractivity contribution in [3.63, 3.8) is 0 Å². The molecule has 2 N–H and O–H groups in total. The van der Waals surface area contributed by atoms with Crippen molar-refractivity contribution in [2.24, 2.45) is 0 Å². The van der Waals surface area contributed by atoms with Crippen molar-refractivity contribution in [3.05, 3.63) is 40.8 Å². The van der Waals surface area contributed by atoms with Gasteiger partial charge in [0.1, 0.15) is 23.1 Å². The Kier molecular flexibility index (Phi) is 6.43. The molecular formula is C24H27N9O2. The molecule has 11 nitrogen and oxygen atoms in total. The number of hydrogen-bond acceptors (Lipinski definition) is 9. The van der Waals surface area contributed by atoms with E-state index >= 15 is 0 Å². The lowest BCUT2D eigenvalue weighted by Crippen LogP contribution is -2.49. The van der Waals surface area contributed by atoms with Gasteiger partial charge in [0.05, 0.1) is 12.3 Å². The molecule has 0 spiro atoms. The number of benzene rings is 1. The number of anilines is 4. The van der Waals surface area contributed by atoms with E-state index in [4.69, 9.17) is 5.26 Å². The van der Waals surface area contributed by atoms with Gasteiger partial charge in [-0.2, -0.15) is 15.3 Å². The number of fused-ring (bicyclic) bond motifs is 1. The minimum Gasteiger partial charge on any atom is -0.372 e. The van der Waals surface area contributed by atoms with Gasteiger partial charge in [0, 0.05) is 50.6 Å². The molecule has 0 bridgehead atoms. The van der Waals surface area contributed by atoms with Gasteiger partial charge < -0.3 is 20.0 Å². The number of nitrogens with zero attached hydrogens (tertiary/aromatic N) is 7. The minimum atomic E-state index is -0.367. The lowest BCUT2D eigenvalue weighted by atomic mass is 10.1. The summed E-state index contributed by atoms with van der Waals surface area (Å²) < 4.78 is 0. The molecule has 2 aromatic heterocycles. The molecule has 2 aliphatic rings. The monoisotopic (exact) mass is 473 g/mol. The summed E-state index contributed by atoms with van der Waals surface area (Å²) in [5, 5.41) is 18.8. The molecule has 11 heteroatoms. The number of carbonyl (C=O) groups excluding carboxylic acids is 1. The molecule has 0 atom stereocenters. The average molecular weight is 474 g/mol. The number of piperazine rings is 1. The van der Waals surface area contributed by atoms with Crippen LogP contribution in [0.2, 0.25) is 0 Å². The first-order chi connectivity index (χ1) is 17.1. The summed E-state index contributed by atoms with van der Waals surface area (Å²) in [6.45, 7) is 4.17. The van der Waals surface area contributed by atoms with Gasteiger partial charge >= 0.3 is 0 Å². The third-order valence-electron chi connectivity index (χ3n) is 6.50. The third-order valence-corrected chi connectivity index (χ3v) is 6.50. The van der Waals surface area contributed by atoms with Crippen molar-refractivity contribution in [1.29, 1.82) is 5.26 Å². The van der Waals surface area contributed by atoms with Crippen molar-refractivity contribution in [2.45, 2.75) is 25.7 Å². The van der Waals surface area contributed by atoms with E-state index in [0.29, 0.717) is 48.8 Å². The van der Waals surface area contributed by atoms with Crippen LogP contribution in [0.4, 0.5) is 23.1 Å². The molecule has 180 valence electrons. The maximum Gasteiger partial charge on any atom is 0.277 e. The van der Waals surface area contributed by atoms with Crippen LogP contribution in [0, 0.1) is 11.3 Å². The van der Waals surface area contributed by atoms with Crippen molar-refractivity contribution in [2.75, 3.05) is 54.4 Å². The largest absolute Gasteiger partial charge is 0.372 e. The zero-order valence-corrected chi connectivity index (χ0v) is 19.4. The standard InChI is InChI=1S/C24H27N9O2/c25-9-8-20(34)32-12-14-33(15-13-32)24-28-19-16-26-30-23(35)21(19)22(29-24)27-17-4-6-18(7-5-17)31-10-2-1-3-11-31/h4-7,16H,1-3,8,10-15H2,(H,30,35)(H,27,28,29). The van der Waals surface area contributed by atoms with Gasteiger partial charge in [0.25, 0.3) is 5.56 Å². The zero-order valence-electron chi connectivity index (χ0n) is 19.4. The number of rotatable bonds is 5. The number of aromatic amines is 1. The molecule has 35 heavy (non-hydrogen) atoms. The highest BCUT2D eigenvalue weighted by molar-refractivity contribution is 5.90. The predicted octanol–water partition coefficient (Wildman–Crippen LogP) is 2.01. The van der Waals surface area contributed by atoms with Crippen molar-refractivity contribution >= 4 is 40.0 Å². The summed E-state index contributed by atoms with van der Waals surface area (Å²) >= 11 is 0. The quantitative estimate of drug-likeness (QED) is 0.570. The third kappa shape index (κ3) is 4.87. The van der Waals surface area contributed by atoms with Crippen LogP contribution in [0.25, 0.3) is 10.9 Å². The van der Waals surface area contributed by atoms with E-state index in [1.165, 1.54) is 31.1 Å². The summed E-state index contributed by atoms with van der Waals surface area (Å²) in [6, 6.07) is 10.1. The van der Waals surface area contributed by atoms with Crippen LogP contribution < -0.4 is 20.7 Å². The fourth-order valence-corrected chi connectivity index (χ4v) is 4.60. The fourth-order valence-electron chi connectivity index (χ4n) is 4.60. The molecule has 1 aromatic carbocycles. The molecule has 0 saturated carbocycles. The second-order valence-corrected chi connectivity index (χ2v) is 8.75. The summed E-state index contributed by atoms with van der Waals surface area (Å²) in [6.07, 6.45) is 5.11. The summed E-state index contributed by atoms with van der Waals surface area (Å²) in [4.78, 5) is 39.9. The van der Waals surface area contributed by atoms with Gasteiger partial charge in [-0.05, 0) is 43.5 Å². The highest BCUT2D eigenvalue weighted by Gasteiger charge is 2.24. The first-order valence-electron chi connectivity index (χ1n) is 11.9. The van der Waals surface area contributed by atoms with Gasteiger partial charge in [0.2, 0.25) is 11.9 Å². The number of carbonyl (C=O) groups is 1. The minimum absolute atomic E-state index is 0.120. The second-order valence-electron chi connectivity index (χ2n) is 8.75. The molecule has 2 aliphatic heterocycles. The molecule has 4 heterocycles. The average Bonchev–Trinajstić information content (AvgIpc) is 2.90. The van der Waals surface area contributed by atoms with Crippen LogP contribution in [0.15, 0.2) is 35.3 Å². The lowest BCUT2D eigenvalue weighted by molar-refractivity contribution is -0.130. The van der Waals surface area contributed by atoms with E-state index in [-0.39, 0.29) is 17.9 Å². The van der Waals surface area contributed by atoms with Crippen LogP contribution in [0.5, 0.6) is 0 Å². The van der Waals surface area contributed by atoms with Gasteiger partial charge in [0.15, 0.2) is 0 Å². The van der Waals surface area contributed by atoms with E-state index in [1.54, 1.807) is 4.90 Å². The summed E-state index contributed by atoms with van der Waals surface area (Å²) in [7, 11) is 0. The summed E-state index contributed by atoms with van der Waals surface area (Å²) in [5.74, 6) is 0.699.